The van der Waals surface area contributed by atoms with Crippen molar-refractivity contribution in [2.75, 3.05) is 26.7 Å². The molecule has 0 saturated carbocycles. The van der Waals surface area contributed by atoms with Crippen LogP contribution < -0.4 is 10.1 Å². The Hall–Kier alpha value is -1.92. The Morgan fingerprint density at radius 1 is 1.38 bits per heavy atom. The maximum atomic E-state index is 12.8. The van der Waals surface area contributed by atoms with Crippen LogP contribution in [0.4, 0.5) is 0 Å². The lowest BCUT2D eigenvalue weighted by Crippen LogP contribution is -2.42. The number of carbonyl (C=O) groups is 1. The smallest absolute Gasteiger partial charge is 0.273 e. The molecular weight excluding hydrogens is 346 g/mol. The number of ether oxygens (including phenoxy) is 1. The molecule has 1 aromatic carbocycles. The molecular formula is C20H27N3O2S. The number of hydrogen-bond acceptors (Lipinski definition) is 5. The van der Waals surface area contributed by atoms with E-state index in [1.807, 2.05) is 55.4 Å². The number of aromatic nitrogens is 1. The maximum absolute atomic E-state index is 12.8. The van der Waals surface area contributed by atoms with E-state index >= 15 is 0 Å². The fourth-order valence-electron chi connectivity index (χ4n) is 3.32. The van der Waals surface area contributed by atoms with Crippen molar-refractivity contribution in [2.24, 2.45) is 5.92 Å². The van der Waals surface area contributed by atoms with Crippen LogP contribution in [-0.4, -0.2) is 48.6 Å². The largest absolute Gasteiger partial charge is 0.491 e. The Kier molecular flexibility index (Phi) is 6.27. The molecule has 1 unspecified atom stereocenters. The minimum absolute atomic E-state index is 0.0491. The van der Waals surface area contributed by atoms with Crippen molar-refractivity contribution in [2.45, 2.75) is 32.8 Å². The molecule has 2 heterocycles. The lowest BCUT2D eigenvalue weighted by atomic mass is 9.98. The number of benzene rings is 1. The second kappa shape index (κ2) is 8.64. The average molecular weight is 374 g/mol. The summed E-state index contributed by atoms with van der Waals surface area (Å²) in [7, 11) is 1.96. The zero-order valence-corrected chi connectivity index (χ0v) is 16.5. The van der Waals surface area contributed by atoms with Gasteiger partial charge in [0.1, 0.15) is 16.5 Å². The van der Waals surface area contributed by atoms with Gasteiger partial charge >= 0.3 is 0 Å². The van der Waals surface area contributed by atoms with Gasteiger partial charge in [-0.1, -0.05) is 0 Å². The van der Waals surface area contributed by atoms with Gasteiger partial charge in [0.2, 0.25) is 0 Å². The van der Waals surface area contributed by atoms with E-state index in [2.05, 4.69) is 10.3 Å². The maximum Gasteiger partial charge on any atom is 0.273 e. The highest BCUT2D eigenvalue weighted by Gasteiger charge is 2.25. The van der Waals surface area contributed by atoms with Crippen molar-refractivity contribution in [3.05, 3.63) is 35.3 Å². The van der Waals surface area contributed by atoms with Gasteiger partial charge in [-0.05, 0) is 70.5 Å². The van der Waals surface area contributed by atoms with Gasteiger partial charge in [0.05, 0.1) is 6.10 Å². The molecule has 1 amide bonds. The number of piperidine rings is 1. The van der Waals surface area contributed by atoms with E-state index in [4.69, 9.17) is 4.74 Å². The lowest BCUT2D eigenvalue weighted by Gasteiger charge is -2.32. The van der Waals surface area contributed by atoms with Crippen molar-refractivity contribution >= 4 is 17.2 Å². The topological polar surface area (TPSA) is 54.5 Å². The van der Waals surface area contributed by atoms with Crippen LogP contribution in [0.15, 0.2) is 29.6 Å². The van der Waals surface area contributed by atoms with E-state index in [1.165, 1.54) is 17.8 Å². The van der Waals surface area contributed by atoms with Gasteiger partial charge in [-0.15, -0.1) is 11.3 Å². The number of hydrogen-bond donors (Lipinski definition) is 1. The van der Waals surface area contributed by atoms with Gasteiger partial charge < -0.3 is 15.0 Å². The summed E-state index contributed by atoms with van der Waals surface area (Å²) in [5.41, 5.74) is 1.56. The van der Waals surface area contributed by atoms with Crippen molar-refractivity contribution < 1.29 is 9.53 Å². The van der Waals surface area contributed by atoms with E-state index in [-0.39, 0.29) is 12.0 Å². The molecule has 1 fully saturated rings. The summed E-state index contributed by atoms with van der Waals surface area (Å²) in [6.07, 6.45) is 2.39. The van der Waals surface area contributed by atoms with E-state index in [0.29, 0.717) is 11.6 Å². The minimum Gasteiger partial charge on any atom is -0.491 e. The summed E-state index contributed by atoms with van der Waals surface area (Å²) in [6, 6.07) is 7.89. The number of likely N-dealkylation sites (tertiary alicyclic amines) is 1. The third kappa shape index (κ3) is 4.62. The Bertz CT molecular complexity index is 725. The van der Waals surface area contributed by atoms with E-state index in [1.54, 1.807) is 0 Å². The number of thiazole rings is 1. The molecule has 0 bridgehead atoms. The van der Waals surface area contributed by atoms with Gasteiger partial charge in [-0.3, -0.25) is 4.79 Å². The van der Waals surface area contributed by atoms with Gasteiger partial charge in [0, 0.05) is 24.0 Å². The number of nitrogens with one attached hydrogen (secondary N) is 1. The first-order valence-electron chi connectivity index (χ1n) is 9.23. The van der Waals surface area contributed by atoms with Crippen molar-refractivity contribution in [3.8, 4) is 16.3 Å². The Balaban J connectivity index is 1.68. The van der Waals surface area contributed by atoms with Gasteiger partial charge in [0.15, 0.2) is 0 Å². The van der Waals surface area contributed by atoms with E-state index < -0.39 is 0 Å². The minimum atomic E-state index is 0.0491. The van der Waals surface area contributed by atoms with E-state index in [0.717, 1.165) is 42.4 Å². The van der Waals surface area contributed by atoms with Crippen LogP contribution in [0.3, 0.4) is 0 Å². The first-order chi connectivity index (χ1) is 12.6. The number of carbonyl (C=O) groups excluding carboxylic acids is 1. The highest BCUT2D eigenvalue weighted by atomic mass is 32.1. The molecule has 0 spiro atoms. The third-order valence-corrected chi connectivity index (χ3v) is 5.39. The molecule has 1 atom stereocenters. The van der Waals surface area contributed by atoms with Gasteiger partial charge in [-0.25, -0.2) is 4.98 Å². The van der Waals surface area contributed by atoms with E-state index in [9.17, 15) is 4.79 Å². The SMILES string of the molecule is CNCC1CCCN(C(=O)c2csc(-c3ccc(OC(C)C)cc3)n2)C1. The number of nitrogens with zero attached hydrogens (tertiary/aromatic N) is 2. The predicted octanol–water partition coefficient (Wildman–Crippen LogP) is 3.67. The molecule has 140 valence electrons. The van der Waals surface area contributed by atoms with Crippen LogP contribution in [0.25, 0.3) is 10.6 Å². The van der Waals surface area contributed by atoms with Crippen molar-refractivity contribution in [1.82, 2.24) is 15.2 Å². The quantitative estimate of drug-likeness (QED) is 0.839. The van der Waals surface area contributed by atoms with Crippen molar-refractivity contribution in [3.63, 3.8) is 0 Å². The molecule has 3 rings (SSSR count). The van der Waals surface area contributed by atoms with Gasteiger partial charge in [0.25, 0.3) is 5.91 Å². The van der Waals surface area contributed by atoms with Crippen LogP contribution in [0.2, 0.25) is 0 Å². The molecule has 1 aliphatic heterocycles. The average Bonchev–Trinajstić information content (AvgIpc) is 3.12. The zero-order valence-electron chi connectivity index (χ0n) is 15.7. The third-order valence-electron chi connectivity index (χ3n) is 4.50. The van der Waals surface area contributed by atoms with Crippen LogP contribution in [-0.2, 0) is 0 Å². The second-order valence-electron chi connectivity index (χ2n) is 7.05. The summed E-state index contributed by atoms with van der Waals surface area (Å²) >= 11 is 1.51. The Morgan fingerprint density at radius 3 is 2.85 bits per heavy atom. The molecule has 1 saturated heterocycles. The normalized spacial score (nSPS) is 17.5. The Labute approximate surface area is 159 Å². The summed E-state index contributed by atoms with van der Waals surface area (Å²) in [5, 5.41) is 5.96. The molecule has 5 nitrogen and oxygen atoms in total. The highest BCUT2D eigenvalue weighted by molar-refractivity contribution is 7.13. The summed E-state index contributed by atoms with van der Waals surface area (Å²) < 4.78 is 5.67. The van der Waals surface area contributed by atoms with Crippen molar-refractivity contribution in [1.29, 1.82) is 0 Å². The fourth-order valence-corrected chi connectivity index (χ4v) is 4.12. The van der Waals surface area contributed by atoms with Gasteiger partial charge in [-0.2, -0.15) is 0 Å². The Morgan fingerprint density at radius 2 is 2.15 bits per heavy atom. The van der Waals surface area contributed by atoms with Crippen LogP contribution in [0.5, 0.6) is 5.75 Å². The monoisotopic (exact) mass is 373 g/mol. The molecule has 1 N–H and O–H groups in total. The molecule has 2 aromatic rings. The number of rotatable bonds is 6. The molecule has 26 heavy (non-hydrogen) atoms. The summed E-state index contributed by atoms with van der Waals surface area (Å²) in [5.74, 6) is 1.43. The first-order valence-corrected chi connectivity index (χ1v) is 10.1. The number of amides is 1. The fraction of sp³-hybridized carbons (Fsp3) is 0.500. The second-order valence-corrected chi connectivity index (χ2v) is 7.90. The van der Waals surface area contributed by atoms with Crippen LogP contribution in [0.1, 0.15) is 37.2 Å². The lowest BCUT2D eigenvalue weighted by molar-refractivity contribution is 0.0669. The zero-order chi connectivity index (χ0) is 18.5. The first kappa shape index (κ1) is 18.9. The molecule has 1 aromatic heterocycles. The summed E-state index contributed by atoms with van der Waals surface area (Å²) in [4.78, 5) is 19.3. The molecule has 0 aliphatic carbocycles. The molecule has 0 radical (unpaired) electrons. The summed E-state index contributed by atoms with van der Waals surface area (Å²) in [6.45, 7) is 6.61. The van der Waals surface area contributed by atoms with Crippen LogP contribution >= 0.6 is 11.3 Å². The molecule has 6 heteroatoms. The standard InChI is InChI=1S/C20H27N3O2S/c1-14(2)25-17-8-6-16(7-9-17)19-22-18(13-26-19)20(24)23-10-4-5-15(12-23)11-21-3/h6-9,13-15,21H,4-5,10-12H2,1-3H3. The molecule has 1 aliphatic rings. The predicted molar refractivity (Wildman–Crippen MR) is 106 cm³/mol. The highest BCUT2D eigenvalue weighted by Crippen LogP contribution is 2.27. The van der Waals surface area contributed by atoms with Crippen LogP contribution in [0, 0.1) is 5.92 Å².